The standard InChI is InChI=1S/C22H28N4O.HI/c27-21(23-15-14-19-10-4-1-5-11-19)18-24-22(26-16-8-3-9-17-26)25-20-12-6-2-7-13-20;/h1-2,4-7,10-13H,3,8-9,14-18H2,(H,23,27)(H,24,25);1H. The number of aliphatic imine (C=N–C) groups is 1. The summed E-state index contributed by atoms with van der Waals surface area (Å²) in [6.07, 6.45) is 4.42. The van der Waals surface area contributed by atoms with E-state index < -0.39 is 0 Å². The van der Waals surface area contributed by atoms with Crippen LogP contribution in [0.2, 0.25) is 0 Å². The third-order valence-corrected chi connectivity index (χ3v) is 4.64. The molecular weight excluding hydrogens is 463 g/mol. The zero-order valence-corrected chi connectivity index (χ0v) is 18.5. The number of amides is 1. The molecule has 2 aromatic rings. The number of hydrogen-bond donors (Lipinski definition) is 2. The fourth-order valence-electron chi connectivity index (χ4n) is 3.17. The summed E-state index contributed by atoms with van der Waals surface area (Å²) < 4.78 is 0. The second-order valence-electron chi connectivity index (χ2n) is 6.76. The number of anilines is 1. The van der Waals surface area contributed by atoms with E-state index in [0.717, 1.165) is 31.2 Å². The fraction of sp³-hybridized carbons (Fsp3) is 0.364. The molecule has 3 rings (SSSR count). The van der Waals surface area contributed by atoms with Crippen LogP contribution in [0.1, 0.15) is 24.8 Å². The second kappa shape index (κ2) is 12.4. The van der Waals surface area contributed by atoms with Crippen LogP contribution in [-0.2, 0) is 11.2 Å². The predicted molar refractivity (Wildman–Crippen MR) is 126 cm³/mol. The van der Waals surface area contributed by atoms with Gasteiger partial charge in [-0.2, -0.15) is 0 Å². The predicted octanol–water partition coefficient (Wildman–Crippen LogP) is 3.92. The Hall–Kier alpha value is -2.09. The van der Waals surface area contributed by atoms with Gasteiger partial charge in [0.05, 0.1) is 0 Å². The van der Waals surface area contributed by atoms with E-state index in [-0.39, 0.29) is 36.4 Å². The molecule has 1 amide bonds. The van der Waals surface area contributed by atoms with Gasteiger partial charge >= 0.3 is 0 Å². The second-order valence-corrected chi connectivity index (χ2v) is 6.76. The lowest BCUT2D eigenvalue weighted by Gasteiger charge is -2.30. The maximum absolute atomic E-state index is 12.2. The number of para-hydroxylation sites is 1. The Morgan fingerprint density at radius 2 is 1.57 bits per heavy atom. The van der Waals surface area contributed by atoms with Crippen molar-refractivity contribution in [2.45, 2.75) is 25.7 Å². The Bertz CT molecular complexity index is 731. The highest BCUT2D eigenvalue weighted by atomic mass is 127. The molecule has 1 aliphatic rings. The summed E-state index contributed by atoms with van der Waals surface area (Å²) in [5.74, 6) is 0.745. The molecule has 0 spiro atoms. The number of guanidine groups is 1. The van der Waals surface area contributed by atoms with Crippen molar-refractivity contribution >= 4 is 41.5 Å². The summed E-state index contributed by atoms with van der Waals surface area (Å²) in [5, 5.41) is 6.34. The van der Waals surface area contributed by atoms with E-state index in [1.807, 2.05) is 48.5 Å². The van der Waals surface area contributed by atoms with E-state index in [0.29, 0.717) is 6.54 Å². The Labute approximate surface area is 184 Å². The van der Waals surface area contributed by atoms with Crippen molar-refractivity contribution in [3.8, 4) is 0 Å². The Kier molecular flexibility index (Phi) is 9.82. The van der Waals surface area contributed by atoms with E-state index in [9.17, 15) is 4.79 Å². The molecule has 0 aliphatic carbocycles. The summed E-state index contributed by atoms with van der Waals surface area (Å²) in [7, 11) is 0. The molecule has 28 heavy (non-hydrogen) atoms. The number of benzene rings is 2. The van der Waals surface area contributed by atoms with Gasteiger partial charge < -0.3 is 15.5 Å². The molecule has 0 atom stereocenters. The third kappa shape index (κ3) is 7.50. The van der Waals surface area contributed by atoms with Crippen LogP contribution in [0.3, 0.4) is 0 Å². The first-order chi connectivity index (χ1) is 13.3. The van der Waals surface area contributed by atoms with Crippen LogP contribution >= 0.6 is 24.0 Å². The minimum absolute atomic E-state index is 0. The quantitative estimate of drug-likeness (QED) is 0.365. The highest BCUT2D eigenvalue weighted by molar-refractivity contribution is 14.0. The van der Waals surface area contributed by atoms with Gasteiger partial charge in [0.2, 0.25) is 5.91 Å². The molecule has 5 nitrogen and oxygen atoms in total. The van der Waals surface area contributed by atoms with Gasteiger partial charge in [0.15, 0.2) is 5.96 Å². The van der Waals surface area contributed by atoms with E-state index >= 15 is 0 Å². The zero-order chi connectivity index (χ0) is 18.7. The number of rotatable bonds is 6. The van der Waals surface area contributed by atoms with Crippen molar-refractivity contribution < 1.29 is 4.79 Å². The van der Waals surface area contributed by atoms with Crippen LogP contribution in [0, 0.1) is 0 Å². The van der Waals surface area contributed by atoms with Crippen LogP contribution in [0.25, 0.3) is 0 Å². The van der Waals surface area contributed by atoms with E-state index in [1.165, 1.54) is 24.8 Å². The number of piperidine rings is 1. The van der Waals surface area contributed by atoms with Crippen LogP contribution in [0.4, 0.5) is 5.69 Å². The molecule has 1 saturated heterocycles. The molecule has 0 radical (unpaired) electrons. The minimum atomic E-state index is -0.0460. The van der Waals surface area contributed by atoms with Crippen LogP contribution in [-0.4, -0.2) is 42.9 Å². The van der Waals surface area contributed by atoms with Crippen molar-refractivity contribution in [3.05, 3.63) is 66.2 Å². The average molecular weight is 492 g/mol. The fourth-order valence-corrected chi connectivity index (χ4v) is 3.17. The maximum atomic E-state index is 12.2. The third-order valence-electron chi connectivity index (χ3n) is 4.64. The number of halogens is 1. The SMILES string of the molecule is I.O=C(CN=C(Nc1ccccc1)N1CCCCC1)NCCc1ccccc1. The van der Waals surface area contributed by atoms with E-state index in [2.05, 4.69) is 32.7 Å². The molecule has 0 saturated carbocycles. The van der Waals surface area contributed by atoms with Crippen molar-refractivity contribution in [1.82, 2.24) is 10.2 Å². The van der Waals surface area contributed by atoms with Gasteiger partial charge in [0.25, 0.3) is 0 Å². The molecule has 150 valence electrons. The first kappa shape index (κ1) is 22.2. The maximum Gasteiger partial charge on any atom is 0.241 e. The van der Waals surface area contributed by atoms with Crippen molar-refractivity contribution in [2.24, 2.45) is 4.99 Å². The molecule has 0 unspecified atom stereocenters. The Balaban J connectivity index is 0.00000280. The topological polar surface area (TPSA) is 56.7 Å². The first-order valence-corrected chi connectivity index (χ1v) is 9.73. The van der Waals surface area contributed by atoms with Crippen molar-refractivity contribution in [2.75, 3.05) is 31.5 Å². The Morgan fingerprint density at radius 1 is 0.929 bits per heavy atom. The summed E-state index contributed by atoms with van der Waals surface area (Å²) in [4.78, 5) is 19.0. The van der Waals surface area contributed by atoms with Gasteiger partial charge in [0, 0.05) is 25.3 Å². The largest absolute Gasteiger partial charge is 0.354 e. The average Bonchev–Trinajstić information content (AvgIpc) is 2.73. The normalized spacial score (nSPS) is 14.1. The number of nitrogens with zero attached hydrogens (tertiary/aromatic N) is 2. The van der Waals surface area contributed by atoms with E-state index in [1.54, 1.807) is 0 Å². The molecule has 1 heterocycles. The lowest BCUT2D eigenvalue weighted by molar-refractivity contribution is -0.119. The summed E-state index contributed by atoms with van der Waals surface area (Å²) in [5.41, 5.74) is 2.22. The van der Waals surface area contributed by atoms with Crippen LogP contribution in [0.5, 0.6) is 0 Å². The molecule has 2 aromatic carbocycles. The van der Waals surface area contributed by atoms with Crippen molar-refractivity contribution in [1.29, 1.82) is 0 Å². The molecule has 2 N–H and O–H groups in total. The number of carbonyl (C=O) groups excluding carboxylic acids is 1. The molecule has 1 aliphatic heterocycles. The van der Waals surface area contributed by atoms with Gasteiger partial charge in [0.1, 0.15) is 6.54 Å². The van der Waals surface area contributed by atoms with Crippen LogP contribution in [0.15, 0.2) is 65.7 Å². The highest BCUT2D eigenvalue weighted by Gasteiger charge is 2.15. The minimum Gasteiger partial charge on any atom is -0.354 e. The Morgan fingerprint density at radius 3 is 2.25 bits per heavy atom. The van der Waals surface area contributed by atoms with E-state index in [4.69, 9.17) is 0 Å². The van der Waals surface area contributed by atoms with Gasteiger partial charge in [-0.3, -0.25) is 4.79 Å². The zero-order valence-electron chi connectivity index (χ0n) is 16.1. The van der Waals surface area contributed by atoms with Gasteiger partial charge in [-0.1, -0.05) is 48.5 Å². The molecule has 1 fully saturated rings. The summed E-state index contributed by atoms with van der Waals surface area (Å²) >= 11 is 0. The number of nitrogens with one attached hydrogen (secondary N) is 2. The summed E-state index contributed by atoms with van der Waals surface area (Å²) in [6, 6.07) is 20.2. The smallest absolute Gasteiger partial charge is 0.241 e. The van der Waals surface area contributed by atoms with Gasteiger partial charge in [-0.25, -0.2) is 4.99 Å². The molecule has 0 bridgehead atoms. The number of carbonyl (C=O) groups is 1. The first-order valence-electron chi connectivity index (χ1n) is 9.73. The number of hydrogen-bond acceptors (Lipinski definition) is 2. The lowest BCUT2D eigenvalue weighted by atomic mass is 10.1. The molecule has 0 aromatic heterocycles. The van der Waals surface area contributed by atoms with Crippen molar-refractivity contribution in [3.63, 3.8) is 0 Å². The molecule has 6 heteroatoms. The highest BCUT2D eigenvalue weighted by Crippen LogP contribution is 2.12. The monoisotopic (exact) mass is 492 g/mol. The summed E-state index contributed by atoms with van der Waals surface area (Å²) in [6.45, 7) is 2.73. The molecular formula is C22H29IN4O. The van der Waals surface area contributed by atoms with Gasteiger partial charge in [-0.15, -0.1) is 24.0 Å². The van der Waals surface area contributed by atoms with Gasteiger partial charge in [-0.05, 0) is 43.4 Å². The van der Waals surface area contributed by atoms with Crippen LogP contribution < -0.4 is 10.6 Å². The lowest BCUT2D eigenvalue weighted by Crippen LogP contribution is -2.41. The number of likely N-dealkylation sites (tertiary alicyclic amines) is 1.